The first-order valence-corrected chi connectivity index (χ1v) is 5.24. The smallest absolute Gasteiger partial charge is 0.364 e. The van der Waals surface area contributed by atoms with Crippen LogP contribution in [-0.4, -0.2) is 10.2 Å². The molecule has 2 rings (SSSR count). The van der Waals surface area contributed by atoms with E-state index in [1.54, 1.807) is 18.2 Å². The lowest BCUT2D eigenvalue weighted by Gasteiger charge is -2.13. The lowest BCUT2D eigenvalue weighted by molar-refractivity contribution is -0.138. The largest absolute Gasteiger partial charge is 0.416 e. The number of anilines is 1. The van der Waals surface area contributed by atoms with Gasteiger partial charge in [0.1, 0.15) is 5.82 Å². The van der Waals surface area contributed by atoms with Crippen LogP contribution >= 0.6 is 0 Å². The fraction of sp³-hybridized carbons (Fsp3) is 0.167. The van der Waals surface area contributed by atoms with Crippen molar-refractivity contribution in [1.29, 1.82) is 0 Å². The third-order valence-electron chi connectivity index (χ3n) is 2.36. The average Bonchev–Trinajstić information content (AvgIpc) is 2.37. The molecule has 0 aliphatic heterocycles. The summed E-state index contributed by atoms with van der Waals surface area (Å²) < 4.78 is 38.2. The lowest BCUT2D eigenvalue weighted by atomic mass is 10.1. The average molecular weight is 253 g/mol. The predicted octanol–water partition coefficient (Wildman–Crippen LogP) is 3.11. The molecule has 0 saturated carbocycles. The van der Waals surface area contributed by atoms with Crippen molar-refractivity contribution in [3.8, 4) is 0 Å². The molecule has 3 nitrogen and oxygen atoms in total. The van der Waals surface area contributed by atoms with Crippen molar-refractivity contribution < 1.29 is 13.2 Å². The number of nitrogens with zero attached hydrogens (tertiary/aromatic N) is 2. The highest BCUT2D eigenvalue weighted by atomic mass is 19.4. The van der Waals surface area contributed by atoms with Gasteiger partial charge in [-0.1, -0.05) is 18.2 Å². The number of rotatable bonds is 3. The Labute approximate surface area is 102 Å². The lowest BCUT2D eigenvalue weighted by Crippen LogP contribution is -2.12. The first kappa shape index (κ1) is 12.3. The van der Waals surface area contributed by atoms with Gasteiger partial charge in [0.05, 0.1) is 5.56 Å². The van der Waals surface area contributed by atoms with Gasteiger partial charge in [0, 0.05) is 12.7 Å². The summed E-state index contributed by atoms with van der Waals surface area (Å²) in [5.41, 5.74) is -0.461. The van der Waals surface area contributed by atoms with Crippen LogP contribution in [0.15, 0.2) is 42.6 Å². The molecule has 0 bridgehead atoms. The van der Waals surface area contributed by atoms with Crippen molar-refractivity contribution in [2.24, 2.45) is 0 Å². The van der Waals surface area contributed by atoms with Crippen LogP contribution < -0.4 is 5.32 Å². The Morgan fingerprint density at radius 1 is 1.06 bits per heavy atom. The van der Waals surface area contributed by atoms with E-state index in [1.165, 1.54) is 18.3 Å². The fourth-order valence-corrected chi connectivity index (χ4v) is 1.53. The summed E-state index contributed by atoms with van der Waals surface area (Å²) in [6.07, 6.45) is -2.85. The van der Waals surface area contributed by atoms with Gasteiger partial charge in [-0.2, -0.15) is 18.3 Å². The normalized spacial score (nSPS) is 11.3. The van der Waals surface area contributed by atoms with Gasteiger partial charge in [0.25, 0.3) is 0 Å². The maximum absolute atomic E-state index is 12.7. The molecule has 2 aromatic rings. The zero-order chi connectivity index (χ0) is 13.0. The second-order valence-corrected chi connectivity index (χ2v) is 3.62. The van der Waals surface area contributed by atoms with E-state index in [1.807, 2.05) is 0 Å². The third-order valence-corrected chi connectivity index (χ3v) is 2.36. The van der Waals surface area contributed by atoms with Gasteiger partial charge in [-0.15, -0.1) is 5.10 Å². The molecule has 0 radical (unpaired) electrons. The number of hydrogen-bond acceptors (Lipinski definition) is 3. The maximum Gasteiger partial charge on any atom is 0.416 e. The highest BCUT2D eigenvalue weighted by Gasteiger charge is 2.32. The SMILES string of the molecule is FC(F)(F)c1ccccc1CNc1cccnn1. The summed E-state index contributed by atoms with van der Waals surface area (Å²) in [5.74, 6) is 0.439. The van der Waals surface area contributed by atoms with Gasteiger partial charge >= 0.3 is 6.18 Å². The predicted molar refractivity (Wildman–Crippen MR) is 60.8 cm³/mol. The van der Waals surface area contributed by atoms with Crippen LogP contribution in [0.3, 0.4) is 0 Å². The van der Waals surface area contributed by atoms with Crippen molar-refractivity contribution in [2.45, 2.75) is 12.7 Å². The van der Waals surface area contributed by atoms with E-state index in [-0.39, 0.29) is 12.1 Å². The monoisotopic (exact) mass is 253 g/mol. The molecule has 0 atom stereocenters. The summed E-state index contributed by atoms with van der Waals surface area (Å²) in [6, 6.07) is 8.74. The first-order valence-electron chi connectivity index (χ1n) is 5.24. The molecule has 0 aliphatic carbocycles. The van der Waals surface area contributed by atoms with Crippen LogP contribution in [-0.2, 0) is 12.7 Å². The highest BCUT2D eigenvalue weighted by Crippen LogP contribution is 2.31. The van der Waals surface area contributed by atoms with Crippen LogP contribution in [0.5, 0.6) is 0 Å². The van der Waals surface area contributed by atoms with Crippen molar-refractivity contribution in [1.82, 2.24) is 10.2 Å². The molecule has 0 amide bonds. The molecule has 6 heteroatoms. The standard InChI is InChI=1S/C12H10F3N3/c13-12(14,15)10-5-2-1-4-9(10)8-16-11-6-3-7-17-18-11/h1-7H,8H2,(H,16,18). The van der Waals surface area contributed by atoms with Crippen molar-refractivity contribution in [3.63, 3.8) is 0 Å². The highest BCUT2D eigenvalue weighted by molar-refractivity contribution is 5.36. The quantitative estimate of drug-likeness (QED) is 0.913. The number of aromatic nitrogens is 2. The number of nitrogens with one attached hydrogen (secondary N) is 1. The van der Waals surface area contributed by atoms with E-state index < -0.39 is 11.7 Å². The van der Waals surface area contributed by atoms with Gasteiger partial charge < -0.3 is 5.32 Å². The van der Waals surface area contributed by atoms with E-state index in [2.05, 4.69) is 15.5 Å². The first-order chi connectivity index (χ1) is 8.57. The summed E-state index contributed by atoms with van der Waals surface area (Å²) in [6.45, 7) is 0.0500. The maximum atomic E-state index is 12.7. The second kappa shape index (κ2) is 5.03. The molecule has 1 aromatic heterocycles. The Bertz CT molecular complexity index is 511. The van der Waals surface area contributed by atoms with Crippen LogP contribution in [0, 0.1) is 0 Å². The third kappa shape index (κ3) is 2.97. The van der Waals surface area contributed by atoms with Crippen molar-refractivity contribution in [2.75, 3.05) is 5.32 Å². The van der Waals surface area contributed by atoms with E-state index in [0.717, 1.165) is 6.07 Å². The van der Waals surface area contributed by atoms with E-state index in [4.69, 9.17) is 0 Å². The van der Waals surface area contributed by atoms with E-state index in [0.29, 0.717) is 5.82 Å². The molecule has 1 heterocycles. The Balaban J connectivity index is 2.15. The summed E-state index contributed by atoms with van der Waals surface area (Å²) in [7, 11) is 0. The van der Waals surface area contributed by atoms with Gasteiger partial charge in [-0.05, 0) is 23.8 Å². The van der Waals surface area contributed by atoms with Crippen molar-refractivity contribution in [3.05, 3.63) is 53.7 Å². The van der Waals surface area contributed by atoms with Gasteiger partial charge in [-0.25, -0.2) is 0 Å². The molecule has 0 unspecified atom stereocenters. The molecule has 0 spiro atoms. The Morgan fingerprint density at radius 3 is 2.50 bits per heavy atom. The van der Waals surface area contributed by atoms with Gasteiger partial charge in [-0.3, -0.25) is 0 Å². The minimum Gasteiger partial charge on any atom is -0.364 e. The van der Waals surface area contributed by atoms with E-state index >= 15 is 0 Å². The Hall–Kier alpha value is -2.11. The molecule has 18 heavy (non-hydrogen) atoms. The van der Waals surface area contributed by atoms with Crippen LogP contribution in [0.1, 0.15) is 11.1 Å². The van der Waals surface area contributed by atoms with Crippen LogP contribution in [0.2, 0.25) is 0 Å². The van der Waals surface area contributed by atoms with Crippen LogP contribution in [0.4, 0.5) is 19.0 Å². The number of hydrogen-bond donors (Lipinski definition) is 1. The fourth-order valence-electron chi connectivity index (χ4n) is 1.53. The topological polar surface area (TPSA) is 37.8 Å². The molecular formula is C12H10F3N3. The zero-order valence-electron chi connectivity index (χ0n) is 9.28. The zero-order valence-corrected chi connectivity index (χ0v) is 9.28. The molecule has 1 aromatic carbocycles. The van der Waals surface area contributed by atoms with Gasteiger partial charge in [0.2, 0.25) is 0 Å². The summed E-state index contributed by atoms with van der Waals surface area (Å²) in [5, 5.41) is 10.2. The minimum atomic E-state index is -4.35. The summed E-state index contributed by atoms with van der Waals surface area (Å²) >= 11 is 0. The second-order valence-electron chi connectivity index (χ2n) is 3.62. The number of halogens is 3. The van der Waals surface area contributed by atoms with Crippen molar-refractivity contribution >= 4 is 5.82 Å². The molecule has 94 valence electrons. The number of benzene rings is 1. The molecule has 0 saturated heterocycles. The Morgan fingerprint density at radius 2 is 1.83 bits per heavy atom. The Kier molecular flexibility index (Phi) is 3.45. The van der Waals surface area contributed by atoms with Crippen LogP contribution in [0.25, 0.3) is 0 Å². The minimum absolute atomic E-state index is 0.0500. The molecule has 0 aliphatic rings. The summed E-state index contributed by atoms with van der Waals surface area (Å²) in [4.78, 5) is 0. The molecular weight excluding hydrogens is 243 g/mol. The molecule has 0 fully saturated rings. The van der Waals surface area contributed by atoms with E-state index in [9.17, 15) is 13.2 Å². The molecule has 1 N–H and O–H groups in total. The number of alkyl halides is 3. The van der Waals surface area contributed by atoms with Gasteiger partial charge in [0.15, 0.2) is 0 Å².